The van der Waals surface area contributed by atoms with Crippen LogP contribution in [-0.2, 0) is 20.7 Å². The Hall–Kier alpha value is -2.43. The summed E-state index contributed by atoms with van der Waals surface area (Å²) >= 11 is 0. The van der Waals surface area contributed by atoms with Gasteiger partial charge >= 0.3 is 11.9 Å². The first kappa shape index (κ1) is 15.6. The van der Waals surface area contributed by atoms with E-state index in [0.717, 1.165) is 6.08 Å². The molecule has 106 valence electrons. The number of carbonyl (C=O) groups excluding carboxylic acids is 2. The van der Waals surface area contributed by atoms with E-state index in [-0.39, 0.29) is 18.8 Å². The Labute approximate surface area is 116 Å². The molecule has 1 aromatic rings. The number of benzene rings is 1. The predicted octanol–water partition coefficient (Wildman–Crippen LogP) is 2.09. The number of hydrogen-bond acceptors (Lipinski definition) is 4. The Morgan fingerprint density at radius 2 is 1.95 bits per heavy atom. The maximum absolute atomic E-state index is 11.7. The molecule has 0 aliphatic rings. The zero-order valence-corrected chi connectivity index (χ0v) is 11.4. The van der Waals surface area contributed by atoms with Gasteiger partial charge in [0.25, 0.3) is 0 Å². The van der Waals surface area contributed by atoms with E-state index in [2.05, 4.69) is 0 Å². The van der Waals surface area contributed by atoms with Crippen LogP contribution in [0, 0.1) is 0 Å². The lowest BCUT2D eigenvalue weighted by atomic mass is 10.0. The fourth-order valence-corrected chi connectivity index (χ4v) is 1.70. The Kier molecular flexibility index (Phi) is 5.65. The first-order valence-electron chi connectivity index (χ1n) is 6.14. The molecule has 0 fully saturated rings. The number of Topliss-reactive ketones (excluding diaryl/α,β-unsaturated/α-hetero) is 1. The minimum Gasteiger partial charge on any atom is -0.478 e. The Bertz CT molecular complexity index is 557. The van der Waals surface area contributed by atoms with Crippen LogP contribution in [0.15, 0.2) is 24.3 Å². The van der Waals surface area contributed by atoms with E-state index in [9.17, 15) is 14.4 Å². The molecule has 0 bridgehead atoms. The van der Waals surface area contributed by atoms with E-state index in [1.54, 1.807) is 19.1 Å². The largest absolute Gasteiger partial charge is 0.478 e. The van der Waals surface area contributed by atoms with Crippen molar-refractivity contribution >= 4 is 23.8 Å². The maximum atomic E-state index is 11.7. The van der Waals surface area contributed by atoms with Crippen LogP contribution in [0.3, 0.4) is 0 Å². The minimum absolute atomic E-state index is 0.0424. The molecular weight excluding hydrogens is 260 g/mol. The monoisotopic (exact) mass is 276 g/mol. The fraction of sp³-hybridized carbons (Fsp3) is 0.267. The third-order valence-corrected chi connectivity index (χ3v) is 2.40. The summed E-state index contributed by atoms with van der Waals surface area (Å²) in [4.78, 5) is 33.4. The predicted molar refractivity (Wildman–Crippen MR) is 73.5 cm³/mol. The van der Waals surface area contributed by atoms with Crippen LogP contribution in [0.25, 0.3) is 6.08 Å². The third-order valence-electron chi connectivity index (χ3n) is 2.40. The van der Waals surface area contributed by atoms with Crippen molar-refractivity contribution in [2.75, 3.05) is 6.61 Å². The molecule has 1 rings (SSSR count). The van der Waals surface area contributed by atoms with Gasteiger partial charge in [-0.15, -0.1) is 0 Å². The summed E-state index contributed by atoms with van der Waals surface area (Å²) in [6.07, 6.45) is 2.53. The molecule has 0 aliphatic carbocycles. The van der Waals surface area contributed by atoms with Gasteiger partial charge < -0.3 is 9.84 Å². The Morgan fingerprint density at radius 3 is 2.50 bits per heavy atom. The van der Waals surface area contributed by atoms with E-state index in [1.165, 1.54) is 19.1 Å². The average Bonchev–Trinajstić information content (AvgIpc) is 2.35. The van der Waals surface area contributed by atoms with Crippen molar-refractivity contribution < 1.29 is 24.2 Å². The van der Waals surface area contributed by atoms with Gasteiger partial charge in [0, 0.05) is 12.5 Å². The van der Waals surface area contributed by atoms with Gasteiger partial charge in [0.15, 0.2) is 0 Å². The highest BCUT2D eigenvalue weighted by atomic mass is 16.5. The summed E-state index contributed by atoms with van der Waals surface area (Å²) in [5.74, 6) is -1.62. The van der Waals surface area contributed by atoms with Gasteiger partial charge in [-0.3, -0.25) is 4.79 Å². The van der Waals surface area contributed by atoms with E-state index in [0.29, 0.717) is 16.7 Å². The molecule has 0 heterocycles. The van der Waals surface area contributed by atoms with Crippen LogP contribution < -0.4 is 0 Å². The summed E-state index contributed by atoms with van der Waals surface area (Å²) in [6.45, 7) is 3.39. The van der Waals surface area contributed by atoms with E-state index >= 15 is 0 Å². The molecule has 0 radical (unpaired) electrons. The molecule has 0 aliphatic heterocycles. The van der Waals surface area contributed by atoms with Crippen LogP contribution in [0.4, 0.5) is 0 Å². The standard InChI is InChI=1S/C15H16O5/c1-3-20-15(19)13-8-11(4-5-14(17)18)7-12(9-13)6-10(2)16/h4-5,7-9H,3,6H2,1-2H3,(H,17,18)/b5-4+. The highest BCUT2D eigenvalue weighted by molar-refractivity contribution is 5.92. The second-order valence-electron chi connectivity index (χ2n) is 4.23. The Morgan fingerprint density at radius 1 is 1.25 bits per heavy atom. The van der Waals surface area contributed by atoms with Crippen molar-refractivity contribution in [1.82, 2.24) is 0 Å². The number of esters is 1. The van der Waals surface area contributed by atoms with Gasteiger partial charge in [-0.05, 0) is 43.2 Å². The third kappa shape index (κ3) is 5.06. The van der Waals surface area contributed by atoms with Crippen LogP contribution in [0.2, 0.25) is 0 Å². The number of rotatable bonds is 6. The van der Waals surface area contributed by atoms with Crippen LogP contribution in [0.5, 0.6) is 0 Å². The van der Waals surface area contributed by atoms with Gasteiger partial charge in [0.05, 0.1) is 12.2 Å². The zero-order valence-electron chi connectivity index (χ0n) is 11.4. The second-order valence-corrected chi connectivity index (χ2v) is 4.23. The maximum Gasteiger partial charge on any atom is 0.338 e. The molecule has 1 N–H and O–H groups in total. The van der Waals surface area contributed by atoms with Crippen molar-refractivity contribution in [3.8, 4) is 0 Å². The molecule has 0 atom stereocenters. The lowest BCUT2D eigenvalue weighted by Crippen LogP contribution is -2.07. The lowest BCUT2D eigenvalue weighted by molar-refractivity contribution is -0.131. The summed E-state index contributed by atoms with van der Waals surface area (Å²) < 4.78 is 4.90. The van der Waals surface area contributed by atoms with E-state index < -0.39 is 11.9 Å². The van der Waals surface area contributed by atoms with Gasteiger partial charge in [0.2, 0.25) is 0 Å². The minimum atomic E-state index is -1.08. The summed E-state index contributed by atoms with van der Waals surface area (Å²) in [7, 11) is 0. The van der Waals surface area contributed by atoms with Gasteiger partial charge in [-0.1, -0.05) is 6.07 Å². The summed E-state index contributed by atoms with van der Waals surface area (Å²) in [6, 6.07) is 4.78. The molecule has 20 heavy (non-hydrogen) atoms. The molecule has 0 saturated carbocycles. The van der Waals surface area contributed by atoms with Crippen molar-refractivity contribution in [1.29, 1.82) is 0 Å². The molecular formula is C15H16O5. The molecule has 5 heteroatoms. The molecule has 0 aromatic heterocycles. The molecule has 5 nitrogen and oxygen atoms in total. The van der Waals surface area contributed by atoms with Crippen LogP contribution in [-0.4, -0.2) is 29.4 Å². The topological polar surface area (TPSA) is 80.7 Å². The highest BCUT2D eigenvalue weighted by Crippen LogP contribution is 2.14. The number of carboxylic acids is 1. The van der Waals surface area contributed by atoms with Gasteiger partial charge in [0.1, 0.15) is 5.78 Å². The molecule has 0 amide bonds. The number of aliphatic carboxylic acids is 1. The SMILES string of the molecule is CCOC(=O)c1cc(/C=C/C(=O)O)cc(CC(C)=O)c1. The van der Waals surface area contributed by atoms with Crippen LogP contribution >= 0.6 is 0 Å². The van der Waals surface area contributed by atoms with Crippen molar-refractivity contribution in [2.45, 2.75) is 20.3 Å². The first-order valence-corrected chi connectivity index (χ1v) is 6.14. The van der Waals surface area contributed by atoms with Crippen LogP contribution in [0.1, 0.15) is 35.3 Å². The normalized spacial score (nSPS) is 10.5. The second kappa shape index (κ2) is 7.23. The number of ketones is 1. The molecule has 0 saturated heterocycles. The van der Waals surface area contributed by atoms with Crippen molar-refractivity contribution in [3.05, 3.63) is 41.0 Å². The highest BCUT2D eigenvalue weighted by Gasteiger charge is 2.10. The fourth-order valence-electron chi connectivity index (χ4n) is 1.70. The molecule has 0 unspecified atom stereocenters. The smallest absolute Gasteiger partial charge is 0.338 e. The molecule has 1 aromatic carbocycles. The summed E-state index contributed by atoms with van der Waals surface area (Å²) in [5, 5.41) is 8.62. The number of carboxylic acid groups (broad SMARTS) is 1. The van der Waals surface area contributed by atoms with Gasteiger partial charge in [-0.2, -0.15) is 0 Å². The first-order chi connectivity index (χ1) is 9.42. The number of carbonyl (C=O) groups is 3. The van der Waals surface area contributed by atoms with Crippen molar-refractivity contribution in [2.24, 2.45) is 0 Å². The van der Waals surface area contributed by atoms with Crippen molar-refractivity contribution in [3.63, 3.8) is 0 Å². The quantitative estimate of drug-likeness (QED) is 0.635. The number of ether oxygens (including phenoxy) is 1. The van der Waals surface area contributed by atoms with Gasteiger partial charge in [-0.25, -0.2) is 9.59 Å². The average molecular weight is 276 g/mol. The Balaban J connectivity index is 3.16. The lowest BCUT2D eigenvalue weighted by Gasteiger charge is -2.06. The number of hydrogen-bond donors (Lipinski definition) is 1. The summed E-state index contributed by atoms with van der Waals surface area (Å²) in [5.41, 5.74) is 1.48. The van der Waals surface area contributed by atoms with E-state index in [1.807, 2.05) is 0 Å². The molecule has 0 spiro atoms. The zero-order chi connectivity index (χ0) is 15.1. The van der Waals surface area contributed by atoms with E-state index in [4.69, 9.17) is 9.84 Å².